The van der Waals surface area contributed by atoms with Crippen LogP contribution in [-0.2, 0) is 11.8 Å². The lowest BCUT2D eigenvalue weighted by atomic mass is 9.67. The number of rotatable bonds is 8. The fourth-order valence-electron chi connectivity index (χ4n) is 11.7. The van der Waals surface area contributed by atoms with Crippen molar-refractivity contribution in [3.8, 4) is 67.0 Å². The van der Waals surface area contributed by atoms with Crippen LogP contribution in [0.2, 0.25) is 0 Å². The van der Waals surface area contributed by atoms with Crippen LogP contribution >= 0.6 is 0 Å². The fraction of sp³-hybridized carbons (Fsp3) is 0.0441. The first-order valence-corrected chi connectivity index (χ1v) is 24.2. The standard InChI is InChI=1S/C68H47N/c1-2-53-61(47-36-34-46(35-37-47)45-20-7-3-8-21-45)44-65(69-67(53)48-22-9-4-10-23-48)50-39-41-60-62(42-50)56-29-16-15-28-55(56)59-32-19-31-54(66(59)60)49-38-40-58-57-30-17-18-33-63(57)68(64(58)43-49,51-24-11-5-12-25-51)52-26-13-6-14-27-52/h3-44H,2H2,1H3. The van der Waals surface area contributed by atoms with Gasteiger partial charge in [0.05, 0.1) is 16.8 Å². The zero-order valence-electron chi connectivity index (χ0n) is 38.4. The summed E-state index contributed by atoms with van der Waals surface area (Å²) in [5.41, 5.74) is 20.0. The average molecular weight is 878 g/mol. The van der Waals surface area contributed by atoms with Crippen molar-refractivity contribution in [1.29, 1.82) is 0 Å². The van der Waals surface area contributed by atoms with Crippen molar-refractivity contribution in [1.82, 2.24) is 4.98 Å². The summed E-state index contributed by atoms with van der Waals surface area (Å²) in [4.78, 5) is 5.56. The number of pyridine rings is 1. The Labute approximate surface area is 403 Å². The van der Waals surface area contributed by atoms with Gasteiger partial charge in [-0.3, -0.25) is 0 Å². The van der Waals surface area contributed by atoms with Gasteiger partial charge < -0.3 is 0 Å². The third kappa shape index (κ3) is 6.50. The molecule has 0 radical (unpaired) electrons. The van der Waals surface area contributed by atoms with Crippen LogP contribution in [0.15, 0.2) is 255 Å². The molecule has 0 spiro atoms. The summed E-state index contributed by atoms with van der Waals surface area (Å²) in [6.45, 7) is 2.25. The van der Waals surface area contributed by atoms with Crippen LogP contribution in [0.25, 0.3) is 99.3 Å². The molecule has 0 fully saturated rings. The predicted octanol–water partition coefficient (Wildman–Crippen LogP) is 17.8. The normalized spacial score (nSPS) is 12.6. The largest absolute Gasteiger partial charge is 0.247 e. The molecular weight excluding hydrogens is 831 g/mol. The van der Waals surface area contributed by atoms with Gasteiger partial charge >= 0.3 is 0 Å². The number of fused-ring (bicyclic) bond motifs is 9. The SMILES string of the molecule is CCc1c(-c2ccc(-c3ccccc3)cc2)cc(-c2ccc3c(c2)c2ccccc2c2cccc(-c4ccc5c(c4)C(c4ccccc4)(c4ccccc4)c4ccccc4-5)c23)nc1-c1ccccc1. The van der Waals surface area contributed by atoms with Gasteiger partial charge in [0.1, 0.15) is 0 Å². The molecule has 1 nitrogen and oxygen atoms in total. The minimum absolute atomic E-state index is 0.486. The summed E-state index contributed by atoms with van der Waals surface area (Å²) in [6, 6.07) is 94.0. The maximum absolute atomic E-state index is 5.56. The van der Waals surface area contributed by atoms with Crippen molar-refractivity contribution in [2.75, 3.05) is 0 Å². The maximum atomic E-state index is 5.56. The molecule has 0 saturated carbocycles. The first-order chi connectivity index (χ1) is 34.2. The Morgan fingerprint density at radius 1 is 0.319 bits per heavy atom. The average Bonchev–Trinajstić information content (AvgIpc) is 3.73. The van der Waals surface area contributed by atoms with Gasteiger partial charge in [-0.15, -0.1) is 0 Å². The molecule has 0 amide bonds. The van der Waals surface area contributed by atoms with Crippen LogP contribution in [0.4, 0.5) is 0 Å². The van der Waals surface area contributed by atoms with Crippen molar-refractivity contribution >= 4 is 32.3 Å². The summed E-state index contributed by atoms with van der Waals surface area (Å²) in [7, 11) is 0. The van der Waals surface area contributed by atoms with E-state index in [9.17, 15) is 0 Å². The lowest BCUT2D eigenvalue weighted by molar-refractivity contribution is 0.769. The Hall–Kier alpha value is -8.65. The molecule has 324 valence electrons. The number of nitrogens with zero attached hydrogens (tertiary/aromatic N) is 1. The second-order valence-electron chi connectivity index (χ2n) is 18.4. The molecule has 1 heteroatoms. The number of aromatic nitrogens is 1. The highest BCUT2D eigenvalue weighted by Gasteiger charge is 2.46. The topological polar surface area (TPSA) is 12.9 Å². The van der Waals surface area contributed by atoms with Crippen LogP contribution in [0.5, 0.6) is 0 Å². The fourth-order valence-corrected chi connectivity index (χ4v) is 11.7. The quantitative estimate of drug-likeness (QED) is 0.139. The van der Waals surface area contributed by atoms with Crippen LogP contribution in [0.3, 0.4) is 0 Å². The number of hydrogen-bond donors (Lipinski definition) is 0. The van der Waals surface area contributed by atoms with Gasteiger partial charge in [-0.1, -0.05) is 244 Å². The summed E-state index contributed by atoms with van der Waals surface area (Å²) >= 11 is 0. The third-order valence-corrected chi connectivity index (χ3v) is 14.8. The van der Waals surface area contributed by atoms with Crippen LogP contribution in [0.1, 0.15) is 34.7 Å². The van der Waals surface area contributed by atoms with Crippen LogP contribution in [-0.4, -0.2) is 4.98 Å². The monoisotopic (exact) mass is 877 g/mol. The van der Waals surface area contributed by atoms with Crippen molar-refractivity contribution in [3.05, 3.63) is 283 Å². The zero-order chi connectivity index (χ0) is 45.9. The Morgan fingerprint density at radius 3 is 1.52 bits per heavy atom. The van der Waals surface area contributed by atoms with E-state index < -0.39 is 5.41 Å². The highest BCUT2D eigenvalue weighted by molar-refractivity contribution is 6.29. The highest BCUT2D eigenvalue weighted by atomic mass is 14.7. The predicted molar refractivity (Wildman–Crippen MR) is 291 cm³/mol. The van der Waals surface area contributed by atoms with Gasteiger partial charge in [-0.2, -0.15) is 0 Å². The Kier molecular flexibility index (Phi) is 9.77. The minimum atomic E-state index is -0.486. The Bertz CT molecular complexity index is 3850. The molecule has 11 aromatic carbocycles. The molecular formula is C68H47N. The molecule has 1 aliphatic carbocycles. The Morgan fingerprint density at radius 2 is 0.826 bits per heavy atom. The second-order valence-corrected chi connectivity index (χ2v) is 18.4. The van der Waals surface area contributed by atoms with Gasteiger partial charge in [-0.25, -0.2) is 4.98 Å². The first kappa shape index (κ1) is 40.6. The first-order valence-electron chi connectivity index (χ1n) is 24.2. The van der Waals surface area contributed by atoms with Crippen LogP contribution < -0.4 is 0 Å². The van der Waals surface area contributed by atoms with E-state index in [4.69, 9.17) is 4.98 Å². The van der Waals surface area contributed by atoms with Gasteiger partial charge in [0.15, 0.2) is 0 Å². The maximum Gasteiger partial charge on any atom is 0.0747 e. The van der Waals surface area contributed by atoms with Crippen molar-refractivity contribution in [3.63, 3.8) is 0 Å². The van der Waals surface area contributed by atoms with Gasteiger partial charge in [0.25, 0.3) is 0 Å². The number of benzene rings is 11. The molecule has 0 atom stereocenters. The van der Waals surface area contributed by atoms with Gasteiger partial charge in [0.2, 0.25) is 0 Å². The van der Waals surface area contributed by atoms with E-state index in [2.05, 4.69) is 262 Å². The Balaban J connectivity index is 1.03. The smallest absolute Gasteiger partial charge is 0.0747 e. The summed E-state index contributed by atoms with van der Waals surface area (Å²) in [6.07, 6.45) is 0.858. The van der Waals surface area contributed by atoms with Gasteiger partial charge in [0, 0.05) is 11.1 Å². The zero-order valence-corrected chi connectivity index (χ0v) is 38.4. The molecule has 69 heavy (non-hydrogen) atoms. The third-order valence-electron chi connectivity index (χ3n) is 14.8. The summed E-state index contributed by atoms with van der Waals surface area (Å²) < 4.78 is 0. The molecule has 0 bridgehead atoms. The lowest BCUT2D eigenvalue weighted by Gasteiger charge is -2.34. The van der Waals surface area contributed by atoms with E-state index in [1.807, 2.05) is 0 Å². The van der Waals surface area contributed by atoms with E-state index >= 15 is 0 Å². The van der Waals surface area contributed by atoms with Crippen molar-refractivity contribution in [2.24, 2.45) is 0 Å². The van der Waals surface area contributed by atoms with E-state index in [-0.39, 0.29) is 0 Å². The molecule has 0 unspecified atom stereocenters. The number of hydrogen-bond acceptors (Lipinski definition) is 1. The summed E-state index contributed by atoms with van der Waals surface area (Å²) in [5.74, 6) is 0. The summed E-state index contributed by atoms with van der Waals surface area (Å²) in [5, 5.41) is 7.44. The molecule has 0 saturated heterocycles. The molecule has 1 aromatic heterocycles. The molecule has 1 heterocycles. The van der Waals surface area contributed by atoms with E-state index in [0.717, 1.165) is 28.9 Å². The van der Waals surface area contributed by atoms with E-state index in [0.29, 0.717) is 0 Å². The molecule has 0 aliphatic heterocycles. The lowest BCUT2D eigenvalue weighted by Crippen LogP contribution is -2.28. The molecule has 12 aromatic rings. The van der Waals surface area contributed by atoms with E-state index in [1.165, 1.54) is 105 Å². The second kappa shape index (κ2) is 16.6. The molecule has 13 rings (SSSR count). The minimum Gasteiger partial charge on any atom is -0.247 e. The highest BCUT2D eigenvalue weighted by Crippen LogP contribution is 2.57. The van der Waals surface area contributed by atoms with Crippen LogP contribution in [0, 0.1) is 0 Å². The van der Waals surface area contributed by atoms with E-state index in [1.54, 1.807) is 0 Å². The molecule has 0 N–H and O–H groups in total. The van der Waals surface area contributed by atoms with Crippen molar-refractivity contribution in [2.45, 2.75) is 18.8 Å². The van der Waals surface area contributed by atoms with Crippen molar-refractivity contribution < 1.29 is 0 Å². The van der Waals surface area contributed by atoms with Gasteiger partial charge in [-0.05, 0) is 129 Å². The molecule has 1 aliphatic rings.